The van der Waals surface area contributed by atoms with E-state index in [0.717, 1.165) is 44.4 Å². The highest BCUT2D eigenvalue weighted by Gasteiger charge is 2.37. The molecule has 0 atom stereocenters. The molecule has 1 aliphatic heterocycles. The second kappa shape index (κ2) is 9.63. The molecule has 1 aromatic heterocycles. The Hall–Kier alpha value is -2.74. The van der Waals surface area contributed by atoms with Crippen molar-refractivity contribution in [3.8, 4) is 0 Å². The van der Waals surface area contributed by atoms with E-state index in [0.29, 0.717) is 16.6 Å². The highest BCUT2D eigenvalue weighted by atomic mass is 35.5. The smallest absolute Gasteiger partial charge is 0.326 e. The van der Waals surface area contributed by atoms with Gasteiger partial charge in [0.25, 0.3) is 11.1 Å². The molecule has 0 unspecified atom stereocenters. The van der Waals surface area contributed by atoms with Crippen molar-refractivity contribution in [3.63, 3.8) is 0 Å². The fourth-order valence-electron chi connectivity index (χ4n) is 3.77. The largest absolute Gasteiger partial charge is 0.465 e. The number of carbonyl (C=O) groups excluding carboxylic acids is 3. The fourth-order valence-corrected chi connectivity index (χ4v) is 5.06. The maximum Gasteiger partial charge on any atom is 0.326 e. The Bertz CT molecular complexity index is 1320. The van der Waals surface area contributed by atoms with Gasteiger partial charge in [-0.25, -0.2) is 0 Å². The van der Waals surface area contributed by atoms with Gasteiger partial charge in [0.1, 0.15) is 6.54 Å². The average molecular weight is 503 g/mol. The van der Waals surface area contributed by atoms with Crippen LogP contribution in [0.25, 0.3) is 17.0 Å². The van der Waals surface area contributed by atoms with Crippen LogP contribution in [0.3, 0.4) is 0 Å². The van der Waals surface area contributed by atoms with Gasteiger partial charge in [0.2, 0.25) is 0 Å². The Labute approximate surface area is 205 Å². The van der Waals surface area contributed by atoms with Crippen LogP contribution >= 0.6 is 35.0 Å². The molecule has 33 heavy (non-hydrogen) atoms. The molecule has 1 fully saturated rings. The second-order valence-electron chi connectivity index (χ2n) is 7.41. The zero-order chi connectivity index (χ0) is 23.7. The Morgan fingerprint density at radius 3 is 2.64 bits per heavy atom. The van der Waals surface area contributed by atoms with E-state index in [1.165, 1.54) is 0 Å². The van der Waals surface area contributed by atoms with Crippen molar-refractivity contribution in [2.24, 2.45) is 0 Å². The molecule has 170 valence electrons. The lowest BCUT2D eigenvalue weighted by Crippen LogP contribution is -2.34. The third kappa shape index (κ3) is 4.67. The molecule has 0 aliphatic carbocycles. The number of thioether (sulfide) groups is 1. The maximum atomic E-state index is 12.9. The van der Waals surface area contributed by atoms with Gasteiger partial charge < -0.3 is 9.30 Å². The summed E-state index contributed by atoms with van der Waals surface area (Å²) in [6.07, 6.45) is 1.72. The van der Waals surface area contributed by atoms with Crippen LogP contribution in [0.5, 0.6) is 0 Å². The lowest BCUT2D eigenvalue weighted by atomic mass is 10.1. The first-order chi connectivity index (χ1) is 15.8. The number of nitrogens with zero attached hydrogens (tertiary/aromatic N) is 2. The molecule has 3 aromatic rings. The summed E-state index contributed by atoms with van der Waals surface area (Å²) in [5, 5.41) is 1.59. The standard InChI is InChI=1S/C24H20Cl2N2O4S/c1-3-32-22(29)13-28-23(30)21(33-24(28)31)11-18-14(2)27(20-7-5-4-6-17(18)20)12-15-8-9-16(25)10-19(15)26/h4-11H,3,12-13H2,1-2H3/b21-11+. The lowest BCUT2D eigenvalue weighted by molar-refractivity contribution is -0.145. The van der Waals surface area contributed by atoms with Crippen molar-refractivity contribution in [3.05, 3.63) is 74.2 Å². The van der Waals surface area contributed by atoms with Gasteiger partial charge in [0.05, 0.1) is 11.5 Å². The predicted octanol–water partition coefficient (Wildman–Crippen LogP) is 5.90. The van der Waals surface area contributed by atoms with Crippen molar-refractivity contribution in [1.29, 1.82) is 0 Å². The minimum absolute atomic E-state index is 0.182. The van der Waals surface area contributed by atoms with Crippen LogP contribution in [0, 0.1) is 6.92 Å². The predicted molar refractivity (Wildman–Crippen MR) is 132 cm³/mol. The van der Waals surface area contributed by atoms with Crippen LogP contribution in [0.15, 0.2) is 47.4 Å². The molecule has 1 aliphatic rings. The third-order valence-electron chi connectivity index (χ3n) is 5.36. The van der Waals surface area contributed by atoms with Gasteiger partial charge in [-0.3, -0.25) is 19.3 Å². The summed E-state index contributed by atoms with van der Waals surface area (Å²) in [4.78, 5) is 38.2. The van der Waals surface area contributed by atoms with Crippen LogP contribution in [0.2, 0.25) is 10.0 Å². The average Bonchev–Trinajstić information content (AvgIpc) is 3.19. The van der Waals surface area contributed by atoms with Crippen molar-refractivity contribution in [2.75, 3.05) is 13.2 Å². The topological polar surface area (TPSA) is 68.6 Å². The molecular weight excluding hydrogens is 483 g/mol. The van der Waals surface area contributed by atoms with Crippen molar-refractivity contribution in [1.82, 2.24) is 9.47 Å². The molecule has 1 saturated heterocycles. The van der Waals surface area contributed by atoms with Crippen LogP contribution < -0.4 is 0 Å². The first kappa shape index (κ1) is 23.4. The van der Waals surface area contributed by atoms with E-state index in [9.17, 15) is 14.4 Å². The number of aromatic nitrogens is 1. The first-order valence-corrected chi connectivity index (χ1v) is 11.8. The van der Waals surface area contributed by atoms with Gasteiger partial charge in [-0.15, -0.1) is 0 Å². The highest BCUT2D eigenvalue weighted by molar-refractivity contribution is 8.18. The van der Waals surface area contributed by atoms with E-state index in [-0.39, 0.29) is 11.5 Å². The summed E-state index contributed by atoms with van der Waals surface area (Å²) in [5.74, 6) is -1.12. The Morgan fingerprint density at radius 1 is 1.15 bits per heavy atom. The molecule has 9 heteroatoms. The normalized spacial score (nSPS) is 15.2. The monoisotopic (exact) mass is 502 g/mol. The Balaban J connectivity index is 1.72. The van der Waals surface area contributed by atoms with Crippen LogP contribution in [0.1, 0.15) is 23.7 Å². The number of halogens is 2. The van der Waals surface area contributed by atoms with Gasteiger partial charge >= 0.3 is 5.97 Å². The molecule has 0 bridgehead atoms. The van der Waals surface area contributed by atoms with Gasteiger partial charge in [0, 0.05) is 38.8 Å². The van der Waals surface area contributed by atoms with Gasteiger partial charge in [-0.1, -0.05) is 47.5 Å². The maximum absolute atomic E-state index is 12.9. The number of rotatable bonds is 6. The molecule has 2 aromatic carbocycles. The van der Waals surface area contributed by atoms with E-state index in [4.69, 9.17) is 27.9 Å². The molecule has 6 nitrogen and oxygen atoms in total. The van der Waals surface area contributed by atoms with Crippen molar-refractivity contribution >= 4 is 69.1 Å². The number of esters is 1. The number of carbonyl (C=O) groups is 3. The molecule has 0 N–H and O–H groups in total. The summed E-state index contributed by atoms with van der Waals surface area (Å²) >= 11 is 13.3. The number of hydrogen-bond acceptors (Lipinski definition) is 5. The number of amides is 2. The third-order valence-corrected chi connectivity index (χ3v) is 6.86. The fraction of sp³-hybridized carbons (Fsp3) is 0.208. The van der Waals surface area contributed by atoms with E-state index >= 15 is 0 Å². The highest BCUT2D eigenvalue weighted by Crippen LogP contribution is 2.36. The zero-order valence-corrected chi connectivity index (χ0v) is 20.3. The van der Waals surface area contributed by atoms with Crippen LogP contribution in [0.4, 0.5) is 4.79 Å². The van der Waals surface area contributed by atoms with E-state index < -0.39 is 23.7 Å². The summed E-state index contributed by atoms with van der Waals surface area (Å²) in [7, 11) is 0. The first-order valence-electron chi connectivity index (χ1n) is 10.2. The van der Waals surface area contributed by atoms with E-state index in [2.05, 4.69) is 4.57 Å². The molecule has 0 spiro atoms. The summed E-state index contributed by atoms with van der Waals surface area (Å²) < 4.78 is 6.98. The summed E-state index contributed by atoms with van der Waals surface area (Å²) in [6.45, 7) is 3.92. The summed E-state index contributed by atoms with van der Waals surface area (Å²) in [6, 6.07) is 13.2. The van der Waals surface area contributed by atoms with Crippen LogP contribution in [-0.2, 0) is 20.9 Å². The van der Waals surface area contributed by atoms with E-state index in [1.54, 1.807) is 25.1 Å². The van der Waals surface area contributed by atoms with Crippen LogP contribution in [-0.4, -0.2) is 39.7 Å². The number of para-hydroxylation sites is 1. The minimum atomic E-state index is -0.617. The Morgan fingerprint density at radius 2 is 1.91 bits per heavy atom. The van der Waals surface area contributed by atoms with Crippen molar-refractivity contribution in [2.45, 2.75) is 20.4 Å². The molecule has 0 saturated carbocycles. The molecule has 4 rings (SSSR count). The van der Waals surface area contributed by atoms with Crippen molar-refractivity contribution < 1.29 is 19.1 Å². The number of fused-ring (bicyclic) bond motifs is 1. The second-order valence-corrected chi connectivity index (χ2v) is 9.25. The number of ether oxygens (including phenoxy) is 1. The van der Waals surface area contributed by atoms with Gasteiger partial charge in [-0.2, -0.15) is 0 Å². The van der Waals surface area contributed by atoms with Gasteiger partial charge in [-0.05, 0) is 55.4 Å². The van der Waals surface area contributed by atoms with Gasteiger partial charge in [0.15, 0.2) is 0 Å². The molecule has 2 heterocycles. The Kier molecular flexibility index (Phi) is 6.83. The SMILES string of the molecule is CCOC(=O)CN1C(=O)S/C(=C/c2c(C)n(Cc3ccc(Cl)cc3Cl)c3ccccc23)C1=O. The number of hydrogen-bond donors (Lipinski definition) is 0. The number of benzene rings is 2. The molecular formula is C24H20Cl2N2O4S. The minimum Gasteiger partial charge on any atom is -0.465 e. The lowest BCUT2D eigenvalue weighted by Gasteiger charge is -2.11. The summed E-state index contributed by atoms with van der Waals surface area (Å²) in [5.41, 5.74) is 3.63. The molecule has 0 radical (unpaired) electrons. The quantitative estimate of drug-likeness (QED) is 0.309. The number of imide groups is 1. The zero-order valence-electron chi connectivity index (χ0n) is 17.9. The molecule has 2 amide bonds. The van der Waals surface area contributed by atoms with E-state index in [1.807, 2.05) is 37.3 Å².